The molecule has 0 amide bonds. The Morgan fingerprint density at radius 1 is 1.45 bits per heavy atom. The molecule has 0 aliphatic carbocycles. The summed E-state index contributed by atoms with van der Waals surface area (Å²) in [6, 6.07) is 0. The summed E-state index contributed by atoms with van der Waals surface area (Å²) in [7, 11) is 0. The van der Waals surface area contributed by atoms with E-state index in [9.17, 15) is 0 Å². The van der Waals surface area contributed by atoms with E-state index in [0.29, 0.717) is 6.42 Å². The Balaban J connectivity index is 4.00. The molecule has 2 atom stereocenters. The van der Waals surface area contributed by atoms with Crippen molar-refractivity contribution in [2.75, 3.05) is 6.61 Å². The van der Waals surface area contributed by atoms with E-state index in [2.05, 4.69) is 0 Å². The highest BCUT2D eigenvalue weighted by Crippen LogP contribution is 2.03. The molecule has 0 unspecified atom stereocenters. The van der Waals surface area contributed by atoms with Gasteiger partial charge in [0, 0.05) is 0 Å². The highest BCUT2D eigenvalue weighted by Gasteiger charge is 2.18. The molecular weight excluding hydrogens is 148 g/mol. The maximum absolute atomic E-state index is 8.99. The minimum atomic E-state index is -1.38. The summed E-state index contributed by atoms with van der Waals surface area (Å²) >= 11 is 0. The van der Waals surface area contributed by atoms with E-state index in [1.54, 1.807) is 6.92 Å². The molecule has 0 aromatic heterocycles. The van der Waals surface area contributed by atoms with Gasteiger partial charge in [0.1, 0.15) is 18.0 Å². The third kappa shape index (κ3) is 3.36. The Labute approximate surface area is 65.4 Å². The monoisotopic (exact) mass is 162 g/mol. The fourth-order valence-corrected chi connectivity index (χ4v) is 0.627. The number of hydrogen-bond acceptors (Lipinski definition) is 4. The molecule has 0 radical (unpaired) electrons. The van der Waals surface area contributed by atoms with Crippen LogP contribution < -0.4 is 0 Å². The first-order valence-corrected chi connectivity index (χ1v) is 3.49. The summed E-state index contributed by atoms with van der Waals surface area (Å²) in [6.07, 6.45) is -0.734. The quantitative estimate of drug-likeness (QED) is 0.422. The normalized spacial score (nSPS) is 18.0. The molecule has 0 aromatic rings. The Hall–Kier alpha value is -0.580. The number of rotatable bonds is 4. The van der Waals surface area contributed by atoms with Crippen LogP contribution in [-0.2, 0) is 0 Å². The number of aliphatic hydroxyl groups excluding tert-OH is 4. The van der Waals surface area contributed by atoms with E-state index >= 15 is 0 Å². The standard InChI is InChI=1S/C7H14O4/c1-2-3-5(9)7(11)6(10)4-8/h3,6-11H,2,4H2,1H3/t6-,7-/m0/s1. The summed E-state index contributed by atoms with van der Waals surface area (Å²) in [5.41, 5.74) is 0. The van der Waals surface area contributed by atoms with E-state index in [-0.39, 0.29) is 5.76 Å². The van der Waals surface area contributed by atoms with Crippen LogP contribution in [0.5, 0.6) is 0 Å². The van der Waals surface area contributed by atoms with Crippen molar-refractivity contribution >= 4 is 0 Å². The highest BCUT2D eigenvalue weighted by atomic mass is 16.4. The lowest BCUT2D eigenvalue weighted by atomic mass is 10.1. The second-order valence-corrected chi connectivity index (χ2v) is 2.23. The van der Waals surface area contributed by atoms with Crippen LogP contribution in [0.25, 0.3) is 0 Å². The molecule has 11 heavy (non-hydrogen) atoms. The van der Waals surface area contributed by atoms with E-state index in [1.165, 1.54) is 6.08 Å². The molecule has 66 valence electrons. The van der Waals surface area contributed by atoms with Crippen LogP contribution in [0.1, 0.15) is 13.3 Å². The average Bonchev–Trinajstić information content (AvgIpc) is 2.02. The summed E-state index contributed by atoms with van der Waals surface area (Å²) in [4.78, 5) is 0. The molecule has 0 aliphatic rings. The fraction of sp³-hybridized carbons (Fsp3) is 0.714. The van der Waals surface area contributed by atoms with Gasteiger partial charge in [-0.3, -0.25) is 0 Å². The summed E-state index contributed by atoms with van der Waals surface area (Å²) < 4.78 is 0. The van der Waals surface area contributed by atoms with Crippen molar-refractivity contribution in [2.24, 2.45) is 0 Å². The topological polar surface area (TPSA) is 80.9 Å². The van der Waals surface area contributed by atoms with E-state index < -0.39 is 18.8 Å². The van der Waals surface area contributed by atoms with Crippen LogP contribution in [0.2, 0.25) is 0 Å². The minimum absolute atomic E-state index is 0.297. The Morgan fingerprint density at radius 3 is 2.36 bits per heavy atom. The Bertz CT molecular complexity index is 132. The van der Waals surface area contributed by atoms with Crippen molar-refractivity contribution in [1.29, 1.82) is 0 Å². The zero-order valence-electron chi connectivity index (χ0n) is 6.44. The molecule has 0 spiro atoms. The van der Waals surface area contributed by atoms with Crippen LogP contribution in [-0.4, -0.2) is 39.2 Å². The van der Waals surface area contributed by atoms with Gasteiger partial charge in [0.25, 0.3) is 0 Å². The van der Waals surface area contributed by atoms with Crippen molar-refractivity contribution in [3.8, 4) is 0 Å². The van der Waals surface area contributed by atoms with Crippen LogP contribution in [0.4, 0.5) is 0 Å². The minimum Gasteiger partial charge on any atom is -0.510 e. The predicted octanol–water partition coefficient (Wildman–Crippen LogP) is -0.448. The molecule has 0 heterocycles. The molecule has 0 saturated heterocycles. The van der Waals surface area contributed by atoms with Gasteiger partial charge in [-0.15, -0.1) is 0 Å². The van der Waals surface area contributed by atoms with E-state index in [0.717, 1.165) is 0 Å². The summed E-state index contributed by atoms with van der Waals surface area (Å²) in [5, 5.41) is 35.1. The zero-order valence-corrected chi connectivity index (χ0v) is 6.44. The second kappa shape index (κ2) is 5.12. The van der Waals surface area contributed by atoms with Gasteiger partial charge in [0.15, 0.2) is 0 Å². The lowest BCUT2D eigenvalue weighted by molar-refractivity contribution is -0.0135. The summed E-state index contributed by atoms with van der Waals surface area (Å²) in [6.45, 7) is 1.22. The first-order chi connectivity index (χ1) is 5.13. The predicted molar refractivity (Wildman–Crippen MR) is 40.1 cm³/mol. The Kier molecular flexibility index (Phi) is 4.85. The fourth-order valence-electron chi connectivity index (χ4n) is 0.627. The number of allylic oxidation sites excluding steroid dienone is 1. The highest BCUT2D eigenvalue weighted by molar-refractivity contribution is 4.99. The molecule has 4 heteroatoms. The molecule has 0 aliphatic heterocycles. The van der Waals surface area contributed by atoms with Gasteiger partial charge in [0.2, 0.25) is 0 Å². The van der Waals surface area contributed by atoms with Gasteiger partial charge in [-0.05, 0) is 12.5 Å². The third-order valence-corrected chi connectivity index (χ3v) is 1.27. The SMILES string of the molecule is CCC=C(O)[C@H](O)[C@@H](O)CO. The lowest BCUT2D eigenvalue weighted by Crippen LogP contribution is -2.30. The smallest absolute Gasteiger partial charge is 0.138 e. The maximum atomic E-state index is 8.99. The van der Waals surface area contributed by atoms with Gasteiger partial charge in [-0.2, -0.15) is 0 Å². The van der Waals surface area contributed by atoms with Gasteiger partial charge in [0.05, 0.1) is 6.61 Å². The molecule has 0 bridgehead atoms. The molecule has 0 saturated carbocycles. The molecular formula is C7H14O4. The Morgan fingerprint density at radius 2 is 2.00 bits per heavy atom. The number of aliphatic hydroxyl groups is 4. The van der Waals surface area contributed by atoms with Crippen LogP contribution in [0, 0.1) is 0 Å². The van der Waals surface area contributed by atoms with Gasteiger partial charge >= 0.3 is 0 Å². The first kappa shape index (κ1) is 10.4. The van der Waals surface area contributed by atoms with Crippen molar-refractivity contribution in [1.82, 2.24) is 0 Å². The van der Waals surface area contributed by atoms with Crippen molar-refractivity contribution in [3.05, 3.63) is 11.8 Å². The van der Waals surface area contributed by atoms with Crippen LogP contribution in [0.15, 0.2) is 11.8 Å². The summed E-state index contributed by atoms with van der Waals surface area (Å²) in [5.74, 6) is -0.297. The second-order valence-electron chi connectivity index (χ2n) is 2.23. The largest absolute Gasteiger partial charge is 0.510 e. The lowest BCUT2D eigenvalue weighted by Gasteiger charge is -2.14. The van der Waals surface area contributed by atoms with E-state index in [4.69, 9.17) is 20.4 Å². The average molecular weight is 162 g/mol. The molecule has 0 rings (SSSR count). The van der Waals surface area contributed by atoms with Crippen LogP contribution >= 0.6 is 0 Å². The van der Waals surface area contributed by atoms with Crippen molar-refractivity contribution < 1.29 is 20.4 Å². The van der Waals surface area contributed by atoms with Gasteiger partial charge in [-0.25, -0.2) is 0 Å². The van der Waals surface area contributed by atoms with Crippen LogP contribution in [0.3, 0.4) is 0 Å². The maximum Gasteiger partial charge on any atom is 0.138 e. The number of hydrogen-bond donors (Lipinski definition) is 4. The van der Waals surface area contributed by atoms with Gasteiger partial charge < -0.3 is 20.4 Å². The molecule has 4 N–H and O–H groups in total. The van der Waals surface area contributed by atoms with E-state index in [1.807, 2.05) is 0 Å². The molecule has 0 fully saturated rings. The molecule has 0 aromatic carbocycles. The first-order valence-electron chi connectivity index (χ1n) is 3.49. The van der Waals surface area contributed by atoms with Crippen molar-refractivity contribution in [3.63, 3.8) is 0 Å². The zero-order chi connectivity index (χ0) is 8.85. The molecule has 4 nitrogen and oxygen atoms in total. The third-order valence-electron chi connectivity index (χ3n) is 1.27. The van der Waals surface area contributed by atoms with Crippen molar-refractivity contribution in [2.45, 2.75) is 25.6 Å². The van der Waals surface area contributed by atoms with Gasteiger partial charge in [-0.1, -0.05) is 6.92 Å².